The molecule has 0 fully saturated rings. The standard InChI is InChI=1S/C21H26O3/c1-4-5-6-19-11-16(14-24-3)12-20(13-22)21(19)18-9-7-17(8-10-18)15(2)23/h7-12,22H,4-6,13-14H2,1-3H3. The Bertz CT molecular complexity index is 687. The Labute approximate surface area is 144 Å². The molecule has 3 heteroatoms. The van der Waals surface area contributed by atoms with Crippen molar-refractivity contribution in [2.24, 2.45) is 0 Å². The number of carbonyl (C=O) groups excluding carboxylic acids is 1. The zero-order valence-corrected chi connectivity index (χ0v) is 14.8. The van der Waals surface area contributed by atoms with Crippen molar-refractivity contribution in [2.75, 3.05) is 7.11 Å². The Balaban J connectivity index is 2.53. The zero-order chi connectivity index (χ0) is 17.5. The van der Waals surface area contributed by atoms with Gasteiger partial charge in [0.05, 0.1) is 13.2 Å². The first-order valence-electron chi connectivity index (χ1n) is 8.46. The van der Waals surface area contributed by atoms with Crippen molar-refractivity contribution in [3.05, 3.63) is 58.7 Å². The molecule has 2 aromatic rings. The largest absolute Gasteiger partial charge is 0.392 e. The highest BCUT2D eigenvalue weighted by molar-refractivity contribution is 5.94. The van der Waals surface area contributed by atoms with Crippen LogP contribution in [0.15, 0.2) is 36.4 Å². The van der Waals surface area contributed by atoms with Crippen LogP contribution in [0.1, 0.15) is 53.7 Å². The van der Waals surface area contributed by atoms with Gasteiger partial charge < -0.3 is 9.84 Å². The summed E-state index contributed by atoms with van der Waals surface area (Å²) in [5.74, 6) is 0.0607. The fraction of sp³-hybridized carbons (Fsp3) is 0.381. The number of hydrogen-bond acceptors (Lipinski definition) is 3. The minimum Gasteiger partial charge on any atom is -0.392 e. The molecule has 0 atom stereocenters. The first-order chi connectivity index (χ1) is 11.6. The molecule has 0 aliphatic heterocycles. The Morgan fingerprint density at radius 3 is 2.33 bits per heavy atom. The van der Waals surface area contributed by atoms with Crippen LogP contribution in [0.5, 0.6) is 0 Å². The molecule has 0 spiro atoms. The van der Waals surface area contributed by atoms with Gasteiger partial charge in [0.15, 0.2) is 5.78 Å². The highest BCUT2D eigenvalue weighted by Crippen LogP contribution is 2.31. The Morgan fingerprint density at radius 1 is 1.12 bits per heavy atom. The number of aliphatic hydroxyl groups excluding tert-OH is 1. The molecule has 128 valence electrons. The molecule has 0 aromatic heterocycles. The van der Waals surface area contributed by atoms with Gasteiger partial charge in [-0.3, -0.25) is 4.79 Å². The summed E-state index contributed by atoms with van der Waals surface area (Å²) in [4.78, 5) is 11.5. The van der Waals surface area contributed by atoms with Crippen LogP contribution in [0.4, 0.5) is 0 Å². The molecular formula is C21H26O3. The van der Waals surface area contributed by atoms with E-state index in [4.69, 9.17) is 4.74 Å². The van der Waals surface area contributed by atoms with Crippen LogP contribution in [0.2, 0.25) is 0 Å². The monoisotopic (exact) mass is 326 g/mol. The summed E-state index contributed by atoms with van der Waals surface area (Å²) in [6, 6.07) is 11.8. The third-order valence-electron chi connectivity index (χ3n) is 4.22. The lowest BCUT2D eigenvalue weighted by atomic mass is 9.89. The lowest BCUT2D eigenvalue weighted by molar-refractivity contribution is 0.101. The van der Waals surface area contributed by atoms with Crippen molar-refractivity contribution in [2.45, 2.75) is 46.3 Å². The second-order valence-electron chi connectivity index (χ2n) is 6.12. The van der Waals surface area contributed by atoms with E-state index in [1.807, 2.05) is 30.3 Å². The lowest BCUT2D eigenvalue weighted by Crippen LogP contribution is -2.01. The third-order valence-corrected chi connectivity index (χ3v) is 4.22. The van der Waals surface area contributed by atoms with Crippen LogP contribution >= 0.6 is 0 Å². The van der Waals surface area contributed by atoms with Gasteiger partial charge in [-0.1, -0.05) is 49.7 Å². The molecular weight excluding hydrogens is 300 g/mol. The molecule has 0 bridgehead atoms. The van der Waals surface area contributed by atoms with E-state index in [-0.39, 0.29) is 12.4 Å². The van der Waals surface area contributed by atoms with E-state index in [0.717, 1.165) is 41.5 Å². The molecule has 3 nitrogen and oxygen atoms in total. The third kappa shape index (κ3) is 4.31. The number of ketones is 1. The van der Waals surface area contributed by atoms with E-state index in [1.54, 1.807) is 14.0 Å². The average Bonchev–Trinajstić information content (AvgIpc) is 2.59. The summed E-state index contributed by atoms with van der Waals surface area (Å²) in [5, 5.41) is 9.87. The van der Waals surface area contributed by atoms with Crippen LogP contribution in [0.3, 0.4) is 0 Å². The topological polar surface area (TPSA) is 46.5 Å². The molecule has 24 heavy (non-hydrogen) atoms. The minimum atomic E-state index is -0.0134. The van der Waals surface area contributed by atoms with Crippen molar-refractivity contribution in [1.82, 2.24) is 0 Å². The van der Waals surface area contributed by atoms with E-state index in [9.17, 15) is 9.90 Å². The fourth-order valence-corrected chi connectivity index (χ4v) is 3.02. The summed E-state index contributed by atoms with van der Waals surface area (Å²) in [5.41, 5.74) is 6.05. The minimum absolute atomic E-state index is 0.0134. The van der Waals surface area contributed by atoms with Crippen molar-refractivity contribution < 1.29 is 14.6 Å². The number of aryl methyl sites for hydroxylation is 1. The predicted octanol–water partition coefficient (Wildman–Crippen LogP) is 4.54. The second-order valence-corrected chi connectivity index (χ2v) is 6.12. The summed E-state index contributed by atoms with van der Waals surface area (Å²) < 4.78 is 5.26. The number of hydrogen-bond donors (Lipinski definition) is 1. The van der Waals surface area contributed by atoms with Crippen molar-refractivity contribution in [1.29, 1.82) is 0 Å². The molecule has 0 radical (unpaired) electrons. The normalized spacial score (nSPS) is 10.8. The smallest absolute Gasteiger partial charge is 0.159 e. The van der Waals surface area contributed by atoms with Gasteiger partial charge in [-0.15, -0.1) is 0 Å². The summed E-state index contributed by atoms with van der Waals surface area (Å²) in [6.45, 7) is 4.27. The number of ether oxygens (including phenoxy) is 1. The lowest BCUT2D eigenvalue weighted by Gasteiger charge is -2.17. The Morgan fingerprint density at radius 2 is 1.79 bits per heavy atom. The van der Waals surface area contributed by atoms with Gasteiger partial charge in [0.1, 0.15) is 0 Å². The molecule has 0 heterocycles. The van der Waals surface area contributed by atoms with Crippen molar-refractivity contribution in [3.63, 3.8) is 0 Å². The molecule has 1 N–H and O–H groups in total. The zero-order valence-electron chi connectivity index (χ0n) is 14.8. The van der Waals surface area contributed by atoms with Crippen molar-refractivity contribution in [3.8, 4) is 11.1 Å². The number of aliphatic hydroxyl groups is 1. The maximum Gasteiger partial charge on any atom is 0.159 e. The van der Waals surface area contributed by atoms with Crippen LogP contribution < -0.4 is 0 Å². The second kappa shape index (κ2) is 8.76. The summed E-state index contributed by atoms with van der Waals surface area (Å²) >= 11 is 0. The fourth-order valence-electron chi connectivity index (χ4n) is 3.02. The number of Topliss-reactive ketones (excluding diaryl/α,β-unsaturated/α-hetero) is 1. The van der Waals surface area contributed by atoms with Gasteiger partial charge >= 0.3 is 0 Å². The van der Waals surface area contributed by atoms with E-state index in [1.165, 1.54) is 5.56 Å². The molecule has 0 unspecified atom stereocenters. The summed E-state index contributed by atoms with van der Waals surface area (Å²) in [6.07, 6.45) is 3.18. The number of methoxy groups -OCH3 is 1. The van der Waals surface area contributed by atoms with E-state index >= 15 is 0 Å². The van der Waals surface area contributed by atoms with Crippen LogP contribution in [-0.4, -0.2) is 18.0 Å². The number of rotatable bonds is 8. The predicted molar refractivity (Wildman–Crippen MR) is 97.1 cm³/mol. The first-order valence-corrected chi connectivity index (χ1v) is 8.46. The maximum absolute atomic E-state index is 11.5. The average molecular weight is 326 g/mol. The summed E-state index contributed by atoms with van der Waals surface area (Å²) in [7, 11) is 1.68. The van der Waals surface area contributed by atoms with Gasteiger partial charge in [0, 0.05) is 12.7 Å². The Kier molecular flexibility index (Phi) is 6.71. The first kappa shape index (κ1) is 18.4. The number of unbranched alkanes of at least 4 members (excludes halogenated alkanes) is 1. The van der Waals surface area contributed by atoms with E-state index < -0.39 is 0 Å². The van der Waals surface area contributed by atoms with Crippen LogP contribution in [0.25, 0.3) is 11.1 Å². The SMILES string of the molecule is CCCCc1cc(COC)cc(CO)c1-c1ccc(C(C)=O)cc1. The molecule has 0 aliphatic carbocycles. The highest BCUT2D eigenvalue weighted by atomic mass is 16.5. The molecule has 0 amide bonds. The molecule has 2 aromatic carbocycles. The van der Waals surface area contributed by atoms with Crippen LogP contribution in [0, 0.1) is 0 Å². The molecule has 0 saturated heterocycles. The maximum atomic E-state index is 11.5. The number of benzene rings is 2. The van der Waals surface area contributed by atoms with E-state index in [2.05, 4.69) is 13.0 Å². The molecule has 2 rings (SSSR count). The molecule has 0 aliphatic rings. The van der Waals surface area contributed by atoms with Crippen molar-refractivity contribution >= 4 is 5.78 Å². The Hall–Kier alpha value is -1.97. The quantitative estimate of drug-likeness (QED) is 0.725. The van der Waals surface area contributed by atoms with E-state index in [0.29, 0.717) is 12.2 Å². The van der Waals surface area contributed by atoms with Gasteiger partial charge in [-0.2, -0.15) is 0 Å². The highest BCUT2D eigenvalue weighted by Gasteiger charge is 2.13. The van der Waals surface area contributed by atoms with Gasteiger partial charge in [-0.25, -0.2) is 0 Å². The number of carbonyl (C=O) groups is 1. The van der Waals surface area contributed by atoms with Gasteiger partial charge in [0.25, 0.3) is 0 Å². The molecule has 0 saturated carbocycles. The van der Waals surface area contributed by atoms with Gasteiger partial charge in [-0.05, 0) is 47.6 Å². The van der Waals surface area contributed by atoms with Crippen LogP contribution in [-0.2, 0) is 24.4 Å². The van der Waals surface area contributed by atoms with Gasteiger partial charge in [0.2, 0.25) is 0 Å².